The van der Waals surface area contributed by atoms with Gasteiger partial charge in [0.25, 0.3) is 10.0 Å². The molecule has 2 aromatic carbocycles. The SMILES string of the molecule is COc1cc(C(=O)O)ccc1NS(=O)(=O)c1ccc(-c2cnn(C3CCCCC3)c2)cc1F. The molecule has 3 aromatic rings. The van der Waals surface area contributed by atoms with E-state index in [4.69, 9.17) is 9.84 Å². The number of methoxy groups -OCH3 is 1. The van der Waals surface area contributed by atoms with Gasteiger partial charge in [0, 0.05) is 11.8 Å². The molecule has 10 heteroatoms. The maximum atomic E-state index is 14.9. The molecule has 0 unspecified atom stereocenters. The van der Waals surface area contributed by atoms with Gasteiger partial charge in [-0.15, -0.1) is 0 Å². The number of halogens is 1. The lowest BCUT2D eigenvalue weighted by Crippen LogP contribution is -2.15. The number of carboxylic acid groups (broad SMARTS) is 1. The molecule has 4 rings (SSSR count). The molecule has 1 heterocycles. The number of sulfonamides is 1. The van der Waals surface area contributed by atoms with Gasteiger partial charge in [-0.1, -0.05) is 25.3 Å². The summed E-state index contributed by atoms with van der Waals surface area (Å²) in [7, 11) is -3.01. The molecule has 0 atom stereocenters. The highest BCUT2D eigenvalue weighted by Gasteiger charge is 2.23. The van der Waals surface area contributed by atoms with Crippen LogP contribution in [0.25, 0.3) is 11.1 Å². The Morgan fingerprint density at radius 3 is 2.58 bits per heavy atom. The first kappa shape index (κ1) is 22.8. The molecule has 0 spiro atoms. The molecule has 1 saturated carbocycles. The van der Waals surface area contributed by atoms with Crippen LogP contribution in [0.4, 0.5) is 10.1 Å². The average molecular weight is 474 g/mol. The Morgan fingerprint density at radius 2 is 1.91 bits per heavy atom. The molecule has 1 aliphatic carbocycles. The Hall–Kier alpha value is -3.40. The summed E-state index contributed by atoms with van der Waals surface area (Å²) in [6.45, 7) is 0. The van der Waals surface area contributed by atoms with Crippen molar-refractivity contribution in [2.24, 2.45) is 0 Å². The zero-order chi connectivity index (χ0) is 23.6. The Bertz CT molecular complexity index is 1280. The first-order chi connectivity index (χ1) is 15.8. The molecular formula is C23H24FN3O5S. The van der Waals surface area contributed by atoms with Crippen LogP contribution in [0.3, 0.4) is 0 Å². The van der Waals surface area contributed by atoms with Crippen LogP contribution in [0.2, 0.25) is 0 Å². The number of aromatic carboxylic acids is 1. The summed E-state index contributed by atoms with van der Waals surface area (Å²) in [6, 6.07) is 7.90. The fraction of sp³-hybridized carbons (Fsp3) is 0.304. The van der Waals surface area contributed by atoms with E-state index < -0.39 is 26.7 Å². The molecule has 2 N–H and O–H groups in total. The fourth-order valence-corrected chi connectivity index (χ4v) is 5.17. The lowest BCUT2D eigenvalue weighted by Gasteiger charge is -2.21. The number of benzene rings is 2. The van der Waals surface area contributed by atoms with E-state index in [-0.39, 0.29) is 17.0 Å². The van der Waals surface area contributed by atoms with E-state index in [1.54, 1.807) is 6.20 Å². The molecule has 1 aromatic heterocycles. The highest BCUT2D eigenvalue weighted by Crippen LogP contribution is 2.32. The molecule has 33 heavy (non-hydrogen) atoms. The van der Waals surface area contributed by atoms with Crippen molar-refractivity contribution in [3.8, 4) is 16.9 Å². The highest BCUT2D eigenvalue weighted by molar-refractivity contribution is 7.92. The minimum absolute atomic E-state index is 0.000245. The summed E-state index contributed by atoms with van der Waals surface area (Å²) < 4.78 is 49.8. The van der Waals surface area contributed by atoms with Crippen molar-refractivity contribution in [3.05, 3.63) is 60.2 Å². The van der Waals surface area contributed by atoms with E-state index in [0.29, 0.717) is 17.2 Å². The van der Waals surface area contributed by atoms with E-state index in [1.807, 2.05) is 10.9 Å². The number of anilines is 1. The second kappa shape index (κ2) is 9.22. The lowest BCUT2D eigenvalue weighted by molar-refractivity contribution is 0.0696. The van der Waals surface area contributed by atoms with Crippen LogP contribution in [-0.4, -0.2) is 36.4 Å². The molecule has 8 nitrogen and oxygen atoms in total. The summed E-state index contributed by atoms with van der Waals surface area (Å²) in [5.41, 5.74) is 1.16. The molecular weight excluding hydrogens is 449 g/mol. The summed E-state index contributed by atoms with van der Waals surface area (Å²) in [5, 5.41) is 13.5. The van der Waals surface area contributed by atoms with E-state index in [0.717, 1.165) is 25.7 Å². The number of hydrogen-bond acceptors (Lipinski definition) is 5. The quantitative estimate of drug-likeness (QED) is 0.515. The second-order valence-corrected chi connectivity index (χ2v) is 9.62. The number of hydrogen-bond donors (Lipinski definition) is 2. The van der Waals surface area contributed by atoms with Crippen LogP contribution in [0.5, 0.6) is 5.75 Å². The van der Waals surface area contributed by atoms with Crippen LogP contribution in [0.15, 0.2) is 53.7 Å². The third kappa shape index (κ3) is 4.85. The van der Waals surface area contributed by atoms with Gasteiger partial charge in [0.2, 0.25) is 0 Å². The van der Waals surface area contributed by atoms with Crippen molar-refractivity contribution >= 4 is 21.7 Å². The molecule has 0 amide bonds. The number of carbonyl (C=O) groups is 1. The van der Waals surface area contributed by atoms with Gasteiger partial charge in [0.15, 0.2) is 0 Å². The smallest absolute Gasteiger partial charge is 0.335 e. The number of nitrogens with one attached hydrogen (secondary N) is 1. The van der Waals surface area contributed by atoms with Crippen LogP contribution < -0.4 is 9.46 Å². The van der Waals surface area contributed by atoms with E-state index >= 15 is 0 Å². The number of nitrogens with zero attached hydrogens (tertiary/aromatic N) is 2. The standard InChI is InChI=1S/C23H24FN3O5S/c1-32-21-12-16(23(28)29)7-9-20(21)26-33(30,31)22-10-8-15(11-19(22)24)17-13-25-27(14-17)18-5-3-2-4-6-18/h7-14,18,26H,2-6H2,1H3,(H,28,29). The third-order valence-corrected chi connectivity index (χ3v) is 7.20. The molecule has 0 radical (unpaired) electrons. The normalized spacial score (nSPS) is 14.7. The topological polar surface area (TPSA) is 111 Å². The summed E-state index contributed by atoms with van der Waals surface area (Å²) in [6.07, 6.45) is 9.21. The number of ether oxygens (including phenoxy) is 1. The lowest BCUT2D eigenvalue weighted by atomic mass is 9.96. The fourth-order valence-electron chi connectivity index (χ4n) is 4.04. The summed E-state index contributed by atoms with van der Waals surface area (Å²) >= 11 is 0. The van der Waals surface area contributed by atoms with E-state index in [2.05, 4.69) is 9.82 Å². The number of aromatic nitrogens is 2. The zero-order valence-corrected chi connectivity index (χ0v) is 18.8. The van der Waals surface area contributed by atoms with Gasteiger partial charge in [-0.2, -0.15) is 5.10 Å². The minimum Gasteiger partial charge on any atom is -0.495 e. The first-order valence-corrected chi connectivity index (χ1v) is 12.0. The predicted octanol–water partition coefficient (Wildman–Crippen LogP) is 4.70. The van der Waals surface area contributed by atoms with Gasteiger partial charge >= 0.3 is 5.97 Å². The van der Waals surface area contributed by atoms with Gasteiger partial charge in [-0.3, -0.25) is 9.40 Å². The highest BCUT2D eigenvalue weighted by atomic mass is 32.2. The Labute approximate surface area is 191 Å². The Morgan fingerprint density at radius 1 is 1.15 bits per heavy atom. The first-order valence-electron chi connectivity index (χ1n) is 10.6. The van der Waals surface area contributed by atoms with Crippen LogP contribution in [-0.2, 0) is 10.0 Å². The van der Waals surface area contributed by atoms with Gasteiger partial charge < -0.3 is 9.84 Å². The van der Waals surface area contributed by atoms with Crippen LogP contribution >= 0.6 is 0 Å². The number of carboxylic acids is 1. The van der Waals surface area contributed by atoms with Crippen molar-refractivity contribution in [2.75, 3.05) is 11.8 Å². The van der Waals surface area contributed by atoms with Gasteiger partial charge in [0.1, 0.15) is 16.5 Å². The molecule has 0 aliphatic heterocycles. The second-order valence-electron chi connectivity index (χ2n) is 7.97. The van der Waals surface area contributed by atoms with Crippen molar-refractivity contribution in [2.45, 2.75) is 43.0 Å². The van der Waals surface area contributed by atoms with Crippen LogP contribution in [0, 0.1) is 5.82 Å². The molecule has 0 bridgehead atoms. The Balaban J connectivity index is 1.58. The van der Waals surface area contributed by atoms with Crippen molar-refractivity contribution < 1.29 is 27.4 Å². The molecule has 1 aliphatic rings. The maximum absolute atomic E-state index is 14.9. The summed E-state index contributed by atoms with van der Waals surface area (Å²) in [4.78, 5) is 10.6. The summed E-state index contributed by atoms with van der Waals surface area (Å²) in [5.74, 6) is -2.09. The monoisotopic (exact) mass is 473 g/mol. The predicted molar refractivity (Wildman–Crippen MR) is 121 cm³/mol. The molecule has 174 valence electrons. The molecule has 1 fully saturated rings. The van der Waals surface area contributed by atoms with Gasteiger partial charge in [-0.05, 0) is 48.7 Å². The van der Waals surface area contributed by atoms with Crippen LogP contribution in [0.1, 0.15) is 48.5 Å². The third-order valence-electron chi connectivity index (χ3n) is 5.80. The largest absolute Gasteiger partial charge is 0.495 e. The average Bonchev–Trinajstić information content (AvgIpc) is 3.30. The van der Waals surface area contributed by atoms with E-state index in [1.165, 1.54) is 49.9 Å². The van der Waals surface area contributed by atoms with Gasteiger partial charge in [0.05, 0.1) is 30.6 Å². The molecule has 0 saturated heterocycles. The van der Waals surface area contributed by atoms with Gasteiger partial charge in [-0.25, -0.2) is 17.6 Å². The van der Waals surface area contributed by atoms with E-state index in [9.17, 15) is 17.6 Å². The van der Waals surface area contributed by atoms with Crippen molar-refractivity contribution in [3.63, 3.8) is 0 Å². The number of rotatable bonds is 7. The Kier molecular flexibility index (Phi) is 6.37. The maximum Gasteiger partial charge on any atom is 0.335 e. The van der Waals surface area contributed by atoms with Crippen molar-refractivity contribution in [1.29, 1.82) is 0 Å². The zero-order valence-electron chi connectivity index (χ0n) is 18.0. The van der Waals surface area contributed by atoms with Crippen molar-refractivity contribution in [1.82, 2.24) is 9.78 Å². The minimum atomic E-state index is -4.29.